The fraction of sp³-hybridized carbons (Fsp3) is 0.625. The second-order valence-electron chi connectivity index (χ2n) is 5.16. The van der Waals surface area contributed by atoms with Gasteiger partial charge in [-0.05, 0) is 37.3 Å². The summed E-state index contributed by atoms with van der Waals surface area (Å²) in [7, 11) is 0. The summed E-state index contributed by atoms with van der Waals surface area (Å²) in [4.78, 5) is 4.43. The standard InChI is InChI=1S/C16H27N3/c1-5-9-13(7-3)19-16-14(10-8-11-18-16)15(17)12(4)6-2/h8,10-13,17H,5-7,9H2,1-4H3,(H,18,19). The van der Waals surface area contributed by atoms with E-state index in [4.69, 9.17) is 5.41 Å². The molecular weight excluding hydrogens is 234 g/mol. The predicted octanol–water partition coefficient (Wildman–Crippen LogP) is 4.49. The van der Waals surface area contributed by atoms with Gasteiger partial charge in [-0.3, -0.25) is 0 Å². The van der Waals surface area contributed by atoms with Crippen LogP contribution in [0.3, 0.4) is 0 Å². The summed E-state index contributed by atoms with van der Waals surface area (Å²) in [6, 6.07) is 4.36. The van der Waals surface area contributed by atoms with Crippen molar-refractivity contribution in [3.05, 3.63) is 23.9 Å². The van der Waals surface area contributed by atoms with Gasteiger partial charge in [0.25, 0.3) is 0 Å². The first kappa shape index (κ1) is 15.7. The van der Waals surface area contributed by atoms with E-state index in [1.165, 1.54) is 0 Å². The topological polar surface area (TPSA) is 48.8 Å². The molecule has 0 saturated carbocycles. The molecule has 2 atom stereocenters. The predicted molar refractivity (Wildman–Crippen MR) is 83.1 cm³/mol. The number of hydrogen-bond donors (Lipinski definition) is 2. The average molecular weight is 261 g/mol. The third kappa shape index (κ3) is 4.34. The summed E-state index contributed by atoms with van der Waals surface area (Å²) in [5.74, 6) is 1.14. The van der Waals surface area contributed by atoms with E-state index in [0.717, 1.165) is 37.1 Å². The van der Waals surface area contributed by atoms with Crippen LogP contribution in [0, 0.1) is 11.3 Å². The van der Waals surface area contributed by atoms with Crippen LogP contribution in [0.4, 0.5) is 5.82 Å². The minimum Gasteiger partial charge on any atom is -0.367 e. The molecule has 0 spiro atoms. The highest BCUT2D eigenvalue weighted by Gasteiger charge is 2.15. The highest BCUT2D eigenvalue weighted by molar-refractivity contribution is 6.03. The fourth-order valence-corrected chi connectivity index (χ4v) is 2.13. The van der Waals surface area contributed by atoms with E-state index < -0.39 is 0 Å². The van der Waals surface area contributed by atoms with Crippen LogP contribution in [0.1, 0.15) is 58.9 Å². The van der Waals surface area contributed by atoms with E-state index >= 15 is 0 Å². The van der Waals surface area contributed by atoms with Gasteiger partial charge in [0.05, 0.1) is 0 Å². The van der Waals surface area contributed by atoms with Crippen molar-refractivity contribution in [3.8, 4) is 0 Å². The van der Waals surface area contributed by atoms with Gasteiger partial charge >= 0.3 is 0 Å². The average Bonchev–Trinajstić information content (AvgIpc) is 2.45. The van der Waals surface area contributed by atoms with Gasteiger partial charge in [-0.15, -0.1) is 0 Å². The second-order valence-corrected chi connectivity index (χ2v) is 5.16. The highest BCUT2D eigenvalue weighted by Crippen LogP contribution is 2.20. The minimum absolute atomic E-state index is 0.274. The van der Waals surface area contributed by atoms with Crippen molar-refractivity contribution in [1.29, 1.82) is 5.41 Å². The van der Waals surface area contributed by atoms with Gasteiger partial charge in [0.15, 0.2) is 0 Å². The van der Waals surface area contributed by atoms with E-state index in [2.05, 4.69) is 38.0 Å². The molecule has 0 aliphatic carbocycles. The zero-order chi connectivity index (χ0) is 14.3. The van der Waals surface area contributed by atoms with Crippen molar-refractivity contribution in [3.63, 3.8) is 0 Å². The number of aromatic nitrogens is 1. The van der Waals surface area contributed by atoms with Gasteiger partial charge in [-0.1, -0.05) is 34.1 Å². The van der Waals surface area contributed by atoms with E-state index in [0.29, 0.717) is 11.8 Å². The molecule has 3 heteroatoms. The van der Waals surface area contributed by atoms with Crippen molar-refractivity contribution >= 4 is 11.5 Å². The highest BCUT2D eigenvalue weighted by atomic mass is 15.0. The maximum Gasteiger partial charge on any atom is 0.135 e. The SMILES string of the molecule is CCCC(CC)Nc1ncccc1C(=N)C(C)CC. The lowest BCUT2D eigenvalue weighted by Crippen LogP contribution is -2.22. The largest absolute Gasteiger partial charge is 0.367 e. The van der Waals surface area contributed by atoms with Gasteiger partial charge in [-0.25, -0.2) is 4.98 Å². The lowest BCUT2D eigenvalue weighted by molar-refractivity contribution is 0.620. The van der Waals surface area contributed by atoms with Crippen LogP contribution in [0.15, 0.2) is 18.3 Å². The Morgan fingerprint density at radius 2 is 2.05 bits per heavy atom. The smallest absolute Gasteiger partial charge is 0.135 e. The quantitative estimate of drug-likeness (QED) is 0.677. The van der Waals surface area contributed by atoms with E-state index in [1.54, 1.807) is 6.20 Å². The molecule has 3 nitrogen and oxygen atoms in total. The van der Waals surface area contributed by atoms with Crippen LogP contribution in [-0.4, -0.2) is 16.7 Å². The third-order valence-corrected chi connectivity index (χ3v) is 3.67. The second kappa shape index (κ2) is 7.93. The summed E-state index contributed by atoms with van der Waals surface area (Å²) in [6.45, 7) is 8.61. The summed E-state index contributed by atoms with van der Waals surface area (Å²) in [5, 5.41) is 11.8. The summed E-state index contributed by atoms with van der Waals surface area (Å²) < 4.78 is 0. The van der Waals surface area contributed by atoms with E-state index in [9.17, 15) is 0 Å². The van der Waals surface area contributed by atoms with Crippen LogP contribution in [0.5, 0.6) is 0 Å². The molecule has 1 aromatic rings. The van der Waals surface area contributed by atoms with Crippen molar-refractivity contribution < 1.29 is 0 Å². The lowest BCUT2D eigenvalue weighted by Gasteiger charge is -2.20. The number of rotatable bonds is 8. The van der Waals surface area contributed by atoms with Crippen molar-refractivity contribution in [2.24, 2.45) is 5.92 Å². The Bertz CT molecular complexity index is 401. The zero-order valence-corrected chi connectivity index (χ0v) is 12.7. The molecule has 19 heavy (non-hydrogen) atoms. The van der Waals surface area contributed by atoms with Crippen LogP contribution in [0.2, 0.25) is 0 Å². The molecule has 0 amide bonds. The molecule has 0 aliphatic rings. The molecule has 1 rings (SSSR count). The first-order valence-corrected chi connectivity index (χ1v) is 7.44. The Hall–Kier alpha value is -1.38. The number of nitrogens with one attached hydrogen (secondary N) is 2. The molecule has 0 radical (unpaired) electrons. The molecule has 106 valence electrons. The van der Waals surface area contributed by atoms with Gasteiger partial charge in [0.1, 0.15) is 5.82 Å². The molecular formula is C16H27N3. The van der Waals surface area contributed by atoms with Gasteiger partial charge in [0.2, 0.25) is 0 Å². The maximum absolute atomic E-state index is 8.30. The molecule has 2 unspecified atom stereocenters. The first-order valence-electron chi connectivity index (χ1n) is 7.44. The molecule has 2 N–H and O–H groups in total. The van der Waals surface area contributed by atoms with Gasteiger partial charge in [-0.2, -0.15) is 0 Å². The van der Waals surface area contributed by atoms with Crippen LogP contribution < -0.4 is 5.32 Å². The summed E-state index contributed by atoms with van der Waals surface area (Å²) in [6.07, 6.45) is 6.17. The molecule has 0 fully saturated rings. The minimum atomic E-state index is 0.274. The molecule has 0 aliphatic heterocycles. The first-order chi connectivity index (χ1) is 9.13. The lowest BCUT2D eigenvalue weighted by atomic mass is 9.96. The normalized spacial score (nSPS) is 13.9. The van der Waals surface area contributed by atoms with Crippen molar-refractivity contribution in [2.45, 2.75) is 59.4 Å². The Balaban J connectivity index is 2.92. The molecule has 1 heterocycles. The third-order valence-electron chi connectivity index (χ3n) is 3.67. The van der Waals surface area contributed by atoms with Crippen LogP contribution in [-0.2, 0) is 0 Å². The Morgan fingerprint density at radius 1 is 1.32 bits per heavy atom. The Morgan fingerprint density at radius 3 is 2.63 bits per heavy atom. The van der Waals surface area contributed by atoms with Gasteiger partial charge in [0, 0.05) is 23.5 Å². The molecule has 0 bridgehead atoms. The number of anilines is 1. The molecule has 0 aromatic carbocycles. The number of pyridine rings is 1. The monoisotopic (exact) mass is 261 g/mol. The fourth-order valence-electron chi connectivity index (χ4n) is 2.13. The van der Waals surface area contributed by atoms with Crippen molar-refractivity contribution in [1.82, 2.24) is 4.98 Å². The van der Waals surface area contributed by atoms with Crippen molar-refractivity contribution in [2.75, 3.05) is 5.32 Å². The Kier molecular flexibility index (Phi) is 6.54. The molecule has 1 aromatic heterocycles. The summed E-state index contributed by atoms with van der Waals surface area (Å²) >= 11 is 0. The number of nitrogens with zero attached hydrogens (tertiary/aromatic N) is 1. The van der Waals surface area contributed by atoms with E-state index in [-0.39, 0.29) is 5.92 Å². The van der Waals surface area contributed by atoms with Gasteiger partial charge < -0.3 is 10.7 Å². The van der Waals surface area contributed by atoms with Crippen LogP contribution in [0.25, 0.3) is 0 Å². The molecule has 0 saturated heterocycles. The van der Waals surface area contributed by atoms with Crippen LogP contribution >= 0.6 is 0 Å². The summed E-state index contributed by atoms with van der Waals surface area (Å²) in [5.41, 5.74) is 1.64. The van der Waals surface area contributed by atoms with E-state index in [1.807, 2.05) is 12.1 Å². The Labute approximate surface area is 117 Å². The zero-order valence-electron chi connectivity index (χ0n) is 12.7. The maximum atomic E-state index is 8.30. The number of hydrogen-bond acceptors (Lipinski definition) is 3.